The molecule has 1 N–H and O–H groups in total. The summed E-state index contributed by atoms with van der Waals surface area (Å²) < 4.78 is 22.3. The Hall–Kier alpha value is -3.67. The van der Waals surface area contributed by atoms with Gasteiger partial charge in [0.2, 0.25) is 0 Å². The zero-order valence-electron chi connectivity index (χ0n) is 16.9. The lowest BCUT2D eigenvalue weighted by atomic mass is 10.1. The second-order valence-corrected chi connectivity index (χ2v) is 6.94. The lowest BCUT2D eigenvalue weighted by Crippen LogP contribution is -2.34. The minimum absolute atomic E-state index is 0.136. The molecule has 4 rings (SSSR count). The Balaban J connectivity index is 1.36. The van der Waals surface area contributed by atoms with Crippen LogP contribution in [0, 0.1) is 0 Å². The van der Waals surface area contributed by atoms with E-state index in [2.05, 4.69) is 5.32 Å². The van der Waals surface area contributed by atoms with Crippen LogP contribution in [0.15, 0.2) is 66.7 Å². The predicted octanol–water partition coefficient (Wildman–Crippen LogP) is 4.23. The van der Waals surface area contributed by atoms with E-state index in [9.17, 15) is 4.79 Å². The van der Waals surface area contributed by atoms with E-state index in [1.807, 2.05) is 48.5 Å². The molecule has 0 fully saturated rings. The van der Waals surface area contributed by atoms with Crippen molar-refractivity contribution in [2.24, 2.45) is 0 Å². The fourth-order valence-electron chi connectivity index (χ4n) is 3.35. The van der Waals surface area contributed by atoms with Crippen molar-refractivity contribution < 1.29 is 23.7 Å². The first kappa shape index (κ1) is 19.6. The first-order valence-corrected chi connectivity index (χ1v) is 9.68. The van der Waals surface area contributed by atoms with Gasteiger partial charge in [0.05, 0.1) is 20.8 Å². The second-order valence-electron chi connectivity index (χ2n) is 6.94. The lowest BCUT2D eigenvalue weighted by Gasteiger charge is -2.13. The number of para-hydroxylation sites is 1. The second kappa shape index (κ2) is 8.78. The molecule has 154 valence electrons. The number of benzene rings is 3. The fourth-order valence-corrected chi connectivity index (χ4v) is 3.35. The fraction of sp³-hybridized carbons (Fsp3) is 0.208. The summed E-state index contributed by atoms with van der Waals surface area (Å²) in [6.07, 6.45) is 0.562. The van der Waals surface area contributed by atoms with E-state index in [0.717, 1.165) is 22.8 Å². The van der Waals surface area contributed by atoms with Crippen molar-refractivity contribution in [2.45, 2.75) is 12.5 Å². The standard InChI is InChI=1S/C24H23NO5/c1-27-20-12-17(13-21(14-20)28-2)24(26)25-15-22-11-16-10-19(8-9-23(16)30-22)29-18-6-4-3-5-7-18/h3-10,12-14,22H,11,15H2,1-2H3,(H,25,26). The number of amides is 1. The molecule has 0 bridgehead atoms. The van der Waals surface area contributed by atoms with E-state index in [1.54, 1.807) is 32.4 Å². The zero-order chi connectivity index (χ0) is 20.9. The Bertz CT molecular complexity index is 1010. The quantitative estimate of drug-likeness (QED) is 0.637. The summed E-state index contributed by atoms with van der Waals surface area (Å²) in [5.41, 5.74) is 1.53. The molecule has 1 atom stereocenters. The summed E-state index contributed by atoms with van der Waals surface area (Å²) in [5, 5.41) is 2.93. The molecular formula is C24H23NO5. The van der Waals surface area contributed by atoms with Gasteiger partial charge in [-0.3, -0.25) is 4.79 Å². The van der Waals surface area contributed by atoms with Crippen LogP contribution in [0.3, 0.4) is 0 Å². The molecule has 1 unspecified atom stereocenters. The normalized spacial score (nSPS) is 14.4. The Labute approximate surface area is 175 Å². The zero-order valence-corrected chi connectivity index (χ0v) is 16.9. The largest absolute Gasteiger partial charge is 0.497 e. The van der Waals surface area contributed by atoms with Crippen molar-refractivity contribution >= 4 is 5.91 Å². The molecule has 3 aromatic rings. The van der Waals surface area contributed by atoms with E-state index in [0.29, 0.717) is 30.0 Å². The van der Waals surface area contributed by atoms with Crippen molar-refractivity contribution in [1.29, 1.82) is 0 Å². The number of rotatable bonds is 7. The molecule has 1 aliphatic heterocycles. The summed E-state index contributed by atoms with van der Waals surface area (Å²) in [4.78, 5) is 12.6. The monoisotopic (exact) mass is 405 g/mol. The van der Waals surface area contributed by atoms with Gasteiger partial charge in [0, 0.05) is 23.6 Å². The number of nitrogens with one attached hydrogen (secondary N) is 1. The third-order valence-electron chi connectivity index (χ3n) is 4.86. The average Bonchev–Trinajstić information content (AvgIpc) is 3.20. The molecule has 0 radical (unpaired) electrons. The number of carbonyl (C=O) groups is 1. The maximum absolute atomic E-state index is 12.6. The molecule has 0 spiro atoms. The molecule has 1 aliphatic rings. The molecule has 30 heavy (non-hydrogen) atoms. The highest BCUT2D eigenvalue weighted by atomic mass is 16.5. The van der Waals surface area contributed by atoms with Crippen LogP contribution in [0.2, 0.25) is 0 Å². The maximum Gasteiger partial charge on any atom is 0.251 e. The molecule has 3 aromatic carbocycles. The summed E-state index contributed by atoms with van der Waals surface area (Å²) in [7, 11) is 3.10. The molecule has 0 aliphatic carbocycles. The van der Waals surface area contributed by atoms with Gasteiger partial charge in [0.1, 0.15) is 34.9 Å². The smallest absolute Gasteiger partial charge is 0.251 e. The van der Waals surface area contributed by atoms with E-state index >= 15 is 0 Å². The van der Waals surface area contributed by atoms with Crippen LogP contribution >= 0.6 is 0 Å². The minimum atomic E-state index is -0.208. The summed E-state index contributed by atoms with van der Waals surface area (Å²) >= 11 is 0. The van der Waals surface area contributed by atoms with Crippen molar-refractivity contribution in [1.82, 2.24) is 5.32 Å². The van der Waals surface area contributed by atoms with Gasteiger partial charge in [0.15, 0.2) is 0 Å². The lowest BCUT2D eigenvalue weighted by molar-refractivity contribution is 0.0933. The van der Waals surface area contributed by atoms with Gasteiger partial charge in [0.25, 0.3) is 5.91 Å². The van der Waals surface area contributed by atoms with Crippen molar-refractivity contribution in [3.8, 4) is 28.7 Å². The molecule has 0 aromatic heterocycles. The highest BCUT2D eigenvalue weighted by Gasteiger charge is 2.24. The van der Waals surface area contributed by atoms with Gasteiger partial charge >= 0.3 is 0 Å². The molecule has 0 saturated carbocycles. The van der Waals surface area contributed by atoms with E-state index in [4.69, 9.17) is 18.9 Å². The highest BCUT2D eigenvalue weighted by Crippen LogP contribution is 2.33. The van der Waals surface area contributed by atoms with Gasteiger partial charge in [-0.2, -0.15) is 0 Å². The van der Waals surface area contributed by atoms with Crippen molar-refractivity contribution in [3.05, 3.63) is 77.9 Å². The summed E-state index contributed by atoms with van der Waals surface area (Å²) in [6, 6.07) is 20.5. The van der Waals surface area contributed by atoms with Crippen LogP contribution in [-0.4, -0.2) is 32.8 Å². The average molecular weight is 405 g/mol. The SMILES string of the molecule is COc1cc(OC)cc(C(=O)NCC2Cc3cc(Oc4ccccc4)ccc3O2)c1. The highest BCUT2D eigenvalue weighted by molar-refractivity contribution is 5.95. The summed E-state index contributed by atoms with van der Waals surface area (Å²) in [6.45, 7) is 0.391. The molecule has 6 nitrogen and oxygen atoms in total. The predicted molar refractivity (Wildman–Crippen MR) is 113 cm³/mol. The Morgan fingerprint density at radius 3 is 2.37 bits per heavy atom. The third-order valence-corrected chi connectivity index (χ3v) is 4.86. The van der Waals surface area contributed by atoms with Gasteiger partial charge in [-0.05, 0) is 42.5 Å². The topological polar surface area (TPSA) is 66.0 Å². The first-order chi connectivity index (χ1) is 14.6. The van der Waals surface area contributed by atoms with E-state index in [1.165, 1.54) is 0 Å². The van der Waals surface area contributed by atoms with Crippen LogP contribution in [0.4, 0.5) is 0 Å². The molecule has 1 heterocycles. The van der Waals surface area contributed by atoms with Crippen molar-refractivity contribution in [2.75, 3.05) is 20.8 Å². The Morgan fingerprint density at radius 2 is 1.67 bits per heavy atom. The van der Waals surface area contributed by atoms with Crippen LogP contribution < -0.4 is 24.3 Å². The minimum Gasteiger partial charge on any atom is -0.497 e. The molecular weight excluding hydrogens is 382 g/mol. The number of carbonyl (C=O) groups excluding carboxylic acids is 1. The molecule has 6 heteroatoms. The van der Waals surface area contributed by atoms with Crippen LogP contribution in [0.5, 0.6) is 28.7 Å². The molecule has 1 amide bonds. The number of hydrogen-bond donors (Lipinski definition) is 1. The van der Waals surface area contributed by atoms with E-state index in [-0.39, 0.29) is 12.0 Å². The van der Waals surface area contributed by atoms with Gasteiger partial charge in [-0.15, -0.1) is 0 Å². The van der Waals surface area contributed by atoms with Gasteiger partial charge in [-0.1, -0.05) is 18.2 Å². The number of ether oxygens (including phenoxy) is 4. The van der Waals surface area contributed by atoms with Gasteiger partial charge < -0.3 is 24.3 Å². The van der Waals surface area contributed by atoms with Crippen LogP contribution in [-0.2, 0) is 6.42 Å². The Morgan fingerprint density at radius 1 is 0.933 bits per heavy atom. The summed E-state index contributed by atoms with van der Waals surface area (Å²) in [5.74, 6) is 3.29. The third kappa shape index (κ3) is 4.49. The van der Waals surface area contributed by atoms with Crippen LogP contribution in [0.25, 0.3) is 0 Å². The number of methoxy groups -OCH3 is 2. The maximum atomic E-state index is 12.6. The molecule has 0 saturated heterocycles. The Kier molecular flexibility index (Phi) is 5.75. The first-order valence-electron chi connectivity index (χ1n) is 9.68. The van der Waals surface area contributed by atoms with Crippen molar-refractivity contribution in [3.63, 3.8) is 0 Å². The van der Waals surface area contributed by atoms with E-state index < -0.39 is 0 Å². The number of hydrogen-bond acceptors (Lipinski definition) is 5. The number of fused-ring (bicyclic) bond motifs is 1. The van der Waals surface area contributed by atoms with Gasteiger partial charge in [-0.25, -0.2) is 0 Å². The van der Waals surface area contributed by atoms with Crippen LogP contribution in [0.1, 0.15) is 15.9 Å².